The molecule has 2 heterocycles. The monoisotopic (exact) mass is 379 g/mol. The van der Waals surface area contributed by atoms with Crippen LogP contribution in [-0.2, 0) is 0 Å². The lowest BCUT2D eigenvalue weighted by Crippen LogP contribution is -2.32. The number of anilines is 1. The number of aryl methyl sites for hydroxylation is 1. The second-order valence-electron chi connectivity index (χ2n) is 7.43. The van der Waals surface area contributed by atoms with Gasteiger partial charge in [0.2, 0.25) is 0 Å². The number of benzene rings is 1. The number of rotatable bonds is 3. The van der Waals surface area contributed by atoms with E-state index in [0.717, 1.165) is 0 Å². The van der Waals surface area contributed by atoms with E-state index in [0.29, 0.717) is 11.4 Å². The summed E-state index contributed by atoms with van der Waals surface area (Å²) < 4.78 is 30.7. The van der Waals surface area contributed by atoms with E-state index in [-0.39, 0.29) is 33.5 Å². The Morgan fingerprint density at radius 3 is 2.35 bits per heavy atom. The van der Waals surface area contributed by atoms with E-state index >= 15 is 0 Å². The number of nitrogens with one attached hydrogen (secondary N) is 1. The fourth-order valence-corrected chi connectivity index (χ4v) is 2.79. The average Bonchev–Trinajstić information content (AvgIpc) is 2.95. The first-order valence-corrected chi connectivity index (χ1v) is 8.59. The van der Waals surface area contributed by atoms with Gasteiger partial charge in [0.25, 0.3) is 5.78 Å². The summed E-state index contributed by atoms with van der Waals surface area (Å²) >= 11 is 6.32. The number of halogens is 3. The van der Waals surface area contributed by atoms with Gasteiger partial charge in [0.15, 0.2) is 0 Å². The summed E-state index contributed by atoms with van der Waals surface area (Å²) in [4.78, 5) is 8.16. The van der Waals surface area contributed by atoms with Crippen LogP contribution >= 0.6 is 11.6 Å². The normalized spacial score (nSPS) is 13.2. The van der Waals surface area contributed by atoms with Gasteiger partial charge in [0.05, 0.1) is 11.1 Å². The molecule has 5 nitrogen and oxygen atoms in total. The standard InChI is InChI=1S/C18H20ClF2N5/c1-9-6-11(20)13(12(21)7-9)14-15(19)25-17-22-8-23-26(17)16(14)24-10(2)18(3,4)5/h6-8,10,24H,1-5H3/t10-/m1/s1. The van der Waals surface area contributed by atoms with Crippen LogP contribution in [0.15, 0.2) is 18.5 Å². The van der Waals surface area contributed by atoms with Crippen LogP contribution in [-0.4, -0.2) is 25.6 Å². The lowest BCUT2D eigenvalue weighted by molar-refractivity contribution is 0.358. The first kappa shape index (κ1) is 18.5. The first-order valence-electron chi connectivity index (χ1n) is 8.21. The average molecular weight is 380 g/mol. The van der Waals surface area contributed by atoms with Gasteiger partial charge in [-0.05, 0) is 37.0 Å². The molecule has 1 atom stereocenters. The van der Waals surface area contributed by atoms with Crippen LogP contribution in [0, 0.1) is 24.0 Å². The predicted molar refractivity (Wildman–Crippen MR) is 98.4 cm³/mol. The van der Waals surface area contributed by atoms with Crippen molar-refractivity contribution >= 4 is 23.2 Å². The molecule has 0 saturated heterocycles. The molecule has 3 aromatic rings. The molecule has 0 aliphatic carbocycles. The highest BCUT2D eigenvalue weighted by molar-refractivity contribution is 6.33. The van der Waals surface area contributed by atoms with Crippen LogP contribution in [0.1, 0.15) is 33.3 Å². The van der Waals surface area contributed by atoms with Crippen LogP contribution < -0.4 is 5.32 Å². The van der Waals surface area contributed by atoms with Gasteiger partial charge in [-0.1, -0.05) is 32.4 Å². The highest BCUT2D eigenvalue weighted by Gasteiger charge is 2.27. The quantitative estimate of drug-likeness (QED) is 0.659. The lowest BCUT2D eigenvalue weighted by Gasteiger charge is -2.30. The molecule has 0 radical (unpaired) electrons. The second kappa shape index (κ2) is 6.46. The van der Waals surface area contributed by atoms with Gasteiger partial charge in [-0.3, -0.25) is 0 Å². The molecule has 8 heteroatoms. The van der Waals surface area contributed by atoms with Crippen molar-refractivity contribution < 1.29 is 8.78 Å². The van der Waals surface area contributed by atoms with Crippen LogP contribution in [0.4, 0.5) is 14.6 Å². The third kappa shape index (κ3) is 3.23. The van der Waals surface area contributed by atoms with E-state index in [1.54, 1.807) is 6.92 Å². The molecule has 138 valence electrons. The van der Waals surface area contributed by atoms with Crippen molar-refractivity contribution in [3.05, 3.63) is 40.8 Å². The van der Waals surface area contributed by atoms with E-state index in [1.807, 2.05) is 6.92 Å². The third-order valence-electron chi connectivity index (χ3n) is 4.47. The Morgan fingerprint density at radius 1 is 1.15 bits per heavy atom. The Hall–Kier alpha value is -2.28. The van der Waals surface area contributed by atoms with Crippen molar-refractivity contribution in [2.75, 3.05) is 5.32 Å². The summed E-state index contributed by atoms with van der Waals surface area (Å²) in [5, 5.41) is 7.38. The van der Waals surface area contributed by atoms with Crippen molar-refractivity contribution in [2.24, 2.45) is 5.41 Å². The molecule has 1 aromatic carbocycles. The van der Waals surface area contributed by atoms with Crippen molar-refractivity contribution in [3.8, 4) is 11.1 Å². The second-order valence-corrected chi connectivity index (χ2v) is 7.79. The minimum absolute atomic E-state index is 0.0456. The molecule has 2 aromatic heterocycles. The van der Waals surface area contributed by atoms with Gasteiger partial charge in [0.1, 0.15) is 28.9 Å². The smallest absolute Gasteiger partial charge is 0.255 e. The van der Waals surface area contributed by atoms with E-state index in [9.17, 15) is 8.78 Å². The summed E-state index contributed by atoms with van der Waals surface area (Å²) in [7, 11) is 0. The summed E-state index contributed by atoms with van der Waals surface area (Å²) in [5.41, 5.74) is 0.238. The minimum Gasteiger partial charge on any atom is -0.366 e. The van der Waals surface area contributed by atoms with Crippen LogP contribution in [0.3, 0.4) is 0 Å². The van der Waals surface area contributed by atoms with E-state index in [4.69, 9.17) is 11.6 Å². The number of hydrogen-bond acceptors (Lipinski definition) is 4. The maximum atomic E-state index is 14.7. The highest BCUT2D eigenvalue weighted by atomic mass is 35.5. The van der Waals surface area contributed by atoms with Crippen molar-refractivity contribution in [1.29, 1.82) is 0 Å². The Kier molecular flexibility index (Phi) is 4.60. The van der Waals surface area contributed by atoms with Crippen molar-refractivity contribution in [2.45, 2.75) is 40.7 Å². The minimum atomic E-state index is -0.711. The van der Waals surface area contributed by atoms with Crippen LogP contribution in [0.5, 0.6) is 0 Å². The van der Waals surface area contributed by atoms with Gasteiger partial charge in [-0.25, -0.2) is 8.78 Å². The number of hydrogen-bond donors (Lipinski definition) is 1. The molecule has 0 bridgehead atoms. The highest BCUT2D eigenvalue weighted by Crippen LogP contribution is 2.38. The predicted octanol–water partition coefficient (Wildman–Crippen LogP) is 4.88. The fourth-order valence-electron chi connectivity index (χ4n) is 2.53. The van der Waals surface area contributed by atoms with Gasteiger partial charge < -0.3 is 5.32 Å². The van der Waals surface area contributed by atoms with Crippen LogP contribution in [0.2, 0.25) is 5.15 Å². The summed E-state index contributed by atoms with van der Waals surface area (Å²) in [6.45, 7) is 9.76. The molecule has 26 heavy (non-hydrogen) atoms. The zero-order valence-electron chi connectivity index (χ0n) is 15.2. The van der Waals surface area contributed by atoms with Crippen LogP contribution in [0.25, 0.3) is 16.9 Å². The molecule has 0 spiro atoms. The van der Waals surface area contributed by atoms with Gasteiger partial charge in [-0.2, -0.15) is 19.6 Å². The Balaban J connectivity index is 2.32. The maximum Gasteiger partial charge on any atom is 0.255 e. The molecule has 0 amide bonds. The zero-order chi connectivity index (χ0) is 19.2. The molecule has 3 rings (SSSR count). The largest absolute Gasteiger partial charge is 0.366 e. The Labute approximate surface area is 155 Å². The Morgan fingerprint density at radius 2 is 1.77 bits per heavy atom. The van der Waals surface area contributed by atoms with Gasteiger partial charge in [-0.15, -0.1) is 0 Å². The summed E-state index contributed by atoms with van der Waals surface area (Å²) in [6.07, 6.45) is 1.32. The van der Waals surface area contributed by atoms with E-state index in [1.165, 1.54) is 23.0 Å². The molecule has 0 fully saturated rings. The maximum absolute atomic E-state index is 14.7. The summed E-state index contributed by atoms with van der Waals surface area (Å²) in [6, 6.07) is 2.47. The Bertz CT molecular complexity index is 955. The molecule has 0 aliphatic heterocycles. The summed E-state index contributed by atoms with van der Waals surface area (Å²) in [5.74, 6) is -0.828. The molecule has 0 unspecified atom stereocenters. The number of nitrogens with zero attached hydrogens (tertiary/aromatic N) is 4. The molecule has 0 aliphatic rings. The third-order valence-corrected chi connectivity index (χ3v) is 4.75. The zero-order valence-corrected chi connectivity index (χ0v) is 16.0. The fraction of sp³-hybridized carbons (Fsp3) is 0.389. The number of aromatic nitrogens is 4. The van der Waals surface area contributed by atoms with E-state index < -0.39 is 11.6 Å². The molecular formula is C18H20ClF2N5. The first-order chi connectivity index (χ1) is 12.1. The van der Waals surface area contributed by atoms with E-state index in [2.05, 4.69) is 41.2 Å². The van der Waals surface area contributed by atoms with Crippen molar-refractivity contribution in [3.63, 3.8) is 0 Å². The van der Waals surface area contributed by atoms with Gasteiger partial charge in [0, 0.05) is 6.04 Å². The molecule has 1 N–H and O–H groups in total. The number of fused-ring (bicyclic) bond motifs is 1. The molecular weight excluding hydrogens is 360 g/mol. The topological polar surface area (TPSA) is 55.1 Å². The lowest BCUT2D eigenvalue weighted by atomic mass is 9.88. The van der Waals surface area contributed by atoms with Crippen molar-refractivity contribution in [1.82, 2.24) is 19.6 Å². The molecule has 0 saturated carbocycles. The van der Waals surface area contributed by atoms with Gasteiger partial charge >= 0.3 is 0 Å². The SMILES string of the molecule is Cc1cc(F)c(-c2c(Cl)nc3ncnn3c2N[C@H](C)C(C)(C)C)c(F)c1.